The molecule has 0 saturated heterocycles. The van der Waals surface area contributed by atoms with E-state index in [0.717, 1.165) is 27.1 Å². The second-order valence-electron chi connectivity index (χ2n) is 5.88. The molecule has 0 saturated carbocycles. The molecule has 25 heavy (non-hydrogen) atoms. The SMILES string of the molecule is CCOc1ccc(-c2csc3ncnc(SC(C)(C)C(=O)O)c23)cc1. The number of carbonyl (C=O) groups is 1. The first kappa shape index (κ1) is 17.7. The number of aliphatic carboxylic acids is 1. The van der Waals surface area contributed by atoms with Crippen molar-refractivity contribution < 1.29 is 14.6 Å². The van der Waals surface area contributed by atoms with Crippen molar-refractivity contribution in [3.63, 3.8) is 0 Å². The summed E-state index contributed by atoms with van der Waals surface area (Å²) >= 11 is 2.77. The first-order chi connectivity index (χ1) is 11.9. The van der Waals surface area contributed by atoms with Gasteiger partial charge in [0.25, 0.3) is 0 Å². The van der Waals surface area contributed by atoms with Gasteiger partial charge in [0.15, 0.2) is 0 Å². The fourth-order valence-electron chi connectivity index (χ4n) is 2.32. The molecule has 0 aliphatic rings. The molecule has 2 aromatic heterocycles. The molecule has 0 aliphatic carbocycles. The van der Waals surface area contributed by atoms with E-state index in [9.17, 15) is 9.90 Å². The van der Waals surface area contributed by atoms with E-state index in [-0.39, 0.29) is 0 Å². The molecule has 0 fully saturated rings. The number of thiophene rings is 1. The van der Waals surface area contributed by atoms with Crippen molar-refractivity contribution in [2.45, 2.75) is 30.5 Å². The number of fused-ring (bicyclic) bond motifs is 1. The number of hydrogen-bond acceptors (Lipinski definition) is 6. The summed E-state index contributed by atoms with van der Waals surface area (Å²) in [4.78, 5) is 21.0. The number of thioether (sulfide) groups is 1. The van der Waals surface area contributed by atoms with E-state index in [0.29, 0.717) is 11.6 Å². The van der Waals surface area contributed by atoms with E-state index in [2.05, 4.69) is 9.97 Å². The Hall–Kier alpha value is -2.12. The third-order valence-corrected chi connectivity index (χ3v) is 5.75. The first-order valence-electron chi connectivity index (χ1n) is 7.80. The Morgan fingerprint density at radius 1 is 1.28 bits per heavy atom. The van der Waals surface area contributed by atoms with Crippen LogP contribution in [0, 0.1) is 0 Å². The number of hydrogen-bond donors (Lipinski definition) is 1. The smallest absolute Gasteiger partial charge is 0.319 e. The minimum atomic E-state index is -0.973. The fourth-order valence-corrected chi connectivity index (χ4v) is 4.28. The van der Waals surface area contributed by atoms with E-state index in [4.69, 9.17) is 4.74 Å². The highest BCUT2D eigenvalue weighted by atomic mass is 32.2. The van der Waals surface area contributed by atoms with Gasteiger partial charge in [0.2, 0.25) is 0 Å². The monoisotopic (exact) mass is 374 g/mol. The number of aromatic nitrogens is 2. The van der Waals surface area contributed by atoms with Crippen LogP contribution in [0.1, 0.15) is 20.8 Å². The van der Waals surface area contributed by atoms with E-state index in [1.165, 1.54) is 29.4 Å². The van der Waals surface area contributed by atoms with Crippen LogP contribution in [0.2, 0.25) is 0 Å². The molecule has 7 heteroatoms. The van der Waals surface area contributed by atoms with Crippen LogP contribution >= 0.6 is 23.1 Å². The van der Waals surface area contributed by atoms with Crippen molar-refractivity contribution >= 4 is 39.3 Å². The van der Waals surface area contributed by atoms with Crippen LogP contribution in [0.15, 0.2) is 41.0 Å². The van der Waals surface area contributed by atoms with Crippen molar-refractivity contribution in [2.24, 2.45) is 0 Å². The number of carboxylic acid groups (broad SMARTS) is 1. The zero-order valence-electron chi connectivity index (χ0n) is 14.1. The molecule has 3 aromatic rings. The molecule has 2 heterocycles. The average Bonchev–Trinajstić information content (AvgIpc) is 3.01. The van der Waals surface area contributed by atoms with E-state index < -0.39 is 10.7 Å². The number of ether oxygens (including phenoxy) is 1. The highest BCUT2D eigenvalue weighted by Crippen LogP contribution is 2.41. The number of benzene rings is 1. The molecule has 1 N–H and O–H groups in total. The van der Waals surface area contributed by atoms with E-state index in [1.807, 2.05) is 36.6 Å². The van der Waals surface area contributed by atoms with Gasteiger partial charge in [0, 0.05) is 10.9 Å². The van der Waals surface area contributed by atoms with Crippen LogP contribution in [-0.2, 0) is 4.79 Å². The summed E-state index contributed by atoms with van der Waals surface area (Å²) in [7, 11) is 0. The van der Waals surface area contributed by atoms with E-state index >= 15 is 0 Å². The Kier molecular flexibility index (Phi) is 4.96. The summed E-state index contributed by atoms with van der Waals surface area (Å²) in [6.45, 7) is 5.93. The maximum atomic E-state index is 11.5. The summed E-state index contributed by atoms with van der Waals surface area (Å²) in [5, 5.41) is 13.0. The van der Waals surface area contributed by atoms with Gasteiger partial charge in [0.1, 0.15) is 26.7 Å². The lowest BCUT2D eigenvalue weighted by Gasteiger charge is -2.18. The number of carboxylic acids is 1. The van der Waals surface area contributed by atoms with Gasteiger partial charge in [-0.2, -0.15) is 0 Å². The van der Waals surface area contributed by atoms with E-state index in [1.54, 1.807) is 13.8 Å². The Morgan fingerprint density at radius 2 is 2.00 bits per heavy atom. The van der Waals surface area contributed by atoms with Crippen LogP contribution in [0.5, 0.6) is 5.75 Å². The second-order valence-corrected chi connectivity index (χ2v) is 8.35. The molecule has 0 atom stereocenters. The molecule has 3 rings (SSSR count). The molecule has 5 nitrogen and oxygen atoms in total. The van der Waals surface area contributed by atoms with Gasteiger partial charge in [-0.15, -0.1) is 11.3 Å². The van der Waals surface area contributed by atoms with Gasteiger partial charge < -0.3 is 9.84 Å². The van der Waals surface area contributed by atoms with Crippen molar-refractivity contribution in [3.05, 3.63) is 36.0 Å². The standard InChI is InChI=1S/C18H18N2O3S2/c1-4-23-12-7-5-11(6-8-12)13-9-24-15-14(13)16(20-10-19-15)25-18(2,3)17(21)22/h5-10H,4H2,1-3H3,(H,21,22). The number of nitrogens with zero attached hydrogens (tertiary/aromatic N) is 2. The predicted molar refractivity (Wildman–Crippen MR) is 102 cm³/mol. The minimum absolute atomic E-state index is 0.625. The van der Waals surface area contributed by atoms with Gasteiger partial charge >= 0.3 is 5.97 Å². The lowest BCUT2D eigenvalue weighted by Crippen LogP contribution is -2.27. The highest BCUT2D eigenvalue weighted by molar-refractivity contribution is 8.01. The van der Waals surface area contributed by atoms with Gasteiger partial charge in [-0.3, -0.25) is 4.79 Å². The summed E-state index contributed by atoms with van der Waals surface area (Å²) in [6, 6.07) is 7.85. The second kappa shape index (κ2) is 7.01. The molecule has 0 aliphatic heterocycles. The van der Waals surface area contributed by atoms with Crippen LogP contribution in [0.3, 0.4) is 0 Å². The lowest BCUT2D eigenvalue weighted by molar-refractivity contribution is -0.138. The molecular weight excluding hydrogens is 356 g/mol. The summed E-state index contributed by atoms with van der Waals surface area (Å²) in [5.41, 5.74) is 2.03. The van der Waals surface area contributed by atoms with Crippen LogP contribution in [0.25, 0.3) is 21.3 Å². The maximum absolute atomic E-state index is 11.5. The predicted octanol–water partition coefficient (Wildman–Crippen LogP) is 4.71. The molecule has 0 radical (unpaired) electrons. The maximum Gasteiger partial charge on any atom is 0.319 e. The molecule has 0 bridgehead atoms. The highest BCUT2D eigenvalue weighted by Gasteiger charge is 2.30. The van der Waals surface area contributed by atoms with Gasteiger partial charge in [-0.25, -0.2) is 9.97 Å². The Morgan fingerprint density at radius 3 is 2.64 bits per heavy atom. The van der Waals surface area contributed by atoms with Gasteiger partial charge in [-0.05, 0) is 38.5 Å². The Labute approximate surface area is 154 Å². The number of rotatable bonds is 6. The molecule has 0 spiro atoms. The van der Waals surface area contributed by atoms with Crippen LogP contribution in [0.4, 0.5) is 0 Å². The first-order valence-corrected chi connectivity index (χ1v) is 9.50. The summed E-state index contributed by atoms with van der Waals surface area (Å²) in [5.74, 6) is -0.0502. The fraction of sp³-hybridized carbons (Fsp3) is 0.278. The summed E-state index contributed by atoms with van der Waals surface area (Å²) < 4.78 is 4.52. The van der Waals surface area contributed by atoms with Gasteiger partial charge in [-0.1, -0.05) is 23.9 Å². The normalized spacial score (nSPS) is 11.6. The third kappa shape index (κ3) is 3.62. The quantitative estimate of drug-likeness (QED) is 0.497. The Balaban J connectivity index is 2.06. The topological polar surface area (TPSA) is 72.3 Å². The molecular formula is C18H18N2O3S2. The summed E-state index contributed by atoms with van der Waals surface area (Å²) in [6.07, 6.45) is 1.49. The van der Waals surface area contributed by atoms with Crippen molar-refractivity contribution in [1.29, 1.82) is 0 Å². The zero-order chi connectivity index (χ0) is 18.0. The molecule has 130 valence electrons. The lowest BCUT2D eigenvalue weighted by atomic mass is 10.1. The average molecular weight is 374 g/mol. The largest absolute Gasteiger partial charge is 0.494 e. The molecule has 1 aromatic carbocycles. The Bertz CT molecular complexity index is 904. The zero-order valence-corrected chi connectivity index (χ0v) is 15.8. The van der Waals surface area contributed by atoms with Crippen molar-refractivity contribution in [3.8, 4) is 16.9 Å². The van der Waals surface area contributed by atoms with Crippen LogP contribution in [-0.4, -0.2) is 32.4 Å². The van der Waals surface area contributed by atoms with Crippen molar-refractivity contribution in [2.75, 3.05) is 6.61 Å². The van der Waals surface area contributed by atoms with Gasteiger partial charge in [0.05, 0.1) is 12.0 Å². The van der Waals surface area contributed by atoms with Crippen LogP contribution < -0.4 is 4.74 Å². The molecule has 0 unspecified atom stereocenters. The van der Waals surface area contributed by atoms with Crippen molar-refractivity contribution in [1.82, 2.24) is 9.97 Å². The molecule has 0 amide bonds. The third-order valence-electron chi connectivity index (χ3n) is 3.68. The minimum Gasteiger partial charge on any atom is -0.494 e.